The number of fused-ring (bicyclic) bond motifs is 7. The predicted octanol–water partition coefficient (Wildman–Crippen LogP) is 6.68. The van der Waals surface area contributed by atoms with E-state index in [2.05, 4.69) is 128 Å². The van der Waals surface area contributed by atoms with E-state index >= 15 is 0 Å². The molecule has 0 aliphatic carbocycles. The summed E-state index contributed by atoms with van der Waals surface area (Å²) in [5.41, 5.74) is 11.3. The number of benzene rings is 5. The molecule has 0 amide bonds. The van der Waals surface area contributed by atoms with Crippen molar-refractivity contribution in [2.24, 2.45) is 0 Å². The van der Waals surface area contributed by atoms with Gasteiger partial charge in [0.1, 0.15) is 11.5 Å². The summed E-state index contributed by atoms with van der Waals surface area (Å²) in [5.74, 6) is 1.93. The third kappa shape index (κ3) is 2.83. The highest BCUT2D eigenvalue weighted by Crippen LogP contribution is 2.40. The second-order valence-electron chi connectivity index (χ2n) is 11.4. The molecule has 0 saturated heterocycles. The third-order valence-corrected chi connectivity index (χ3v) is 8.20. The summed E-state index contributed by atoms with van der Waals surface area (Å²) in [7, 11) is 0. The molecule has 0 atom stereocenters. The summed E-state index contributed by atoms with van der Waals surface area (Å²) in [6.45, 7) is 6.98. The molecular formula is C34H26BNO. The topological polar surface area (TPSA) is 14.2 Å². The Balaban J connectivity index is 1.49. The Hall–Kier alpha value is -4.24. The molecule has 3 heteroatoms. The lowest BCUT2D eigenvalue weighted by Crippen LogP contribution is -2.58. The summed E-state index contributed by atoms with van der Waals surface area (Å²) in [4.78, 5) is 0. The monoisotopic (exact) mass is 475 g/mol. The van der Waals surface area contributed by atoms with Crippen LogP contribution in [0.1, 0.15) is 26.3 Å². The first kappa shape index (κ1) is 20.9. The zero-order chi connectivity index (χ0) is 24.9. The molecule has 3 heterocycles. The van der Waals surface area contributed by atoms with Crippen molar-refractivity contribution in [2.45, 2.75) is 26.2 Å². The Labute approximate surface area is 217 Å². The van der Waals surface area contributed by atoms with Crippen molar-refractivity contribution in [1.29, 1.82) is 0 Å². The molecule has 0 radical (unpaired) electrons. The molecule has 0 saturated carbocycles. The molecule has 0 fully saturated rings. The normalized spacial score (nSPS) is 13.4. The fourth-order valence-electron chi connectivity index (χ4n) is 6.40. The van der Waals surface area contributed by atoms with E-state index in [1.54, 1.807) is 0 Å². The van der Waals surface area contributed by atoms with Gasteiger partial charge in [0.25, 0.3) is 6.71 Å². The van der Waals surface area contributed by atoms with Gasteiger partial charge in [-0.1, -0.05) is 99.6 Å². The molecule has 0 bridgehead atoms. The van der Waals surface area contributed by atoms with Crippen molar-refractivity contribution < 1.29 is 4.74 Å². The molecule has 1 aromatic heterocycles. The van der Waals surface area contributed by atoms with Crippen molar-refractivity contribution >= 4 is 44.9 Å². The highest BCUT2D eigenvalue weighted by Gasteiger charge is 2.41. The van der Waals surface area contributed by atoms with Crippen LogP contribution in [0.5, 0.6) is 11.5 Å². The standard InChI is InChI=1S/C34H26BNO/c1-34(2,3)23-19-29-32-31(20-23)37-30-18-22(21-10-5-4-6-11-21)16-17-26(30)35(32)27-14-9-13-25-24-12-7-8-15-28(24)36(29)33(25)27/h4-20H,1-3H3. The number of para-hydroxylation sites is 2. The van der Waals surface area contributed by atoms with E-state index in [4.69, 9.17) is 4.74 Å². The van der Waals surface area contributed by atoms with Crippen LogP contribution in [0.25, 0.3) is 38.6 Å². The summed E-state index contributed by atoms with van der Waals surface area (Å²) in [6, 6.07) is 37.6. The average Bonchev–Trinajstić information content (AvgIpc) is 3.26. The first-order chi connectivity index (χ1) is 18.0. The van der Waals surface area contributed by atoms with Gasteiger partial charge in [-0.2, -0.15) is 0 Å². The molecule has 0 unspecified atom stereocenters. The molecule has 6 aromatic rings. The number of rotatable bonds is 1. The maximum Gasteiger partial charge on any atom is 0.256 e. The molecule has 2 aliphatic heterocycles. The third-order valence-electron chi connectivity index (χ3n) is 8.20. The van der Waals surface area contributed by atoms with Gasteiger partial charge in [-0.15, -0.1) is 0 Å². The van der Waals surface area contributed by atoms with Crippen LogP contribution in [0.3, 0.4) is 0 Å². The Morgan fingerprint density at radius 1 is 0.649 bits per heavy atom. The maximum absolute atomic E-state index is 6.81. The zero-order valence-corrected chi connectivity index (χ0v) is 21.2. The van der Waals surface area contributed by atoms with E-state index in [0.29, 0.717) is 0 Å². The van der Waals surface area contributed by atoms with E-state index in [0.717, 1.165) is 11.5 Å². The fourth-order valence-corrected chi connectivity index (χ4v) is 6.40. The highest BCUT2D eigenvalue weighted by molar-refractivity contribution is 6.99. The summed E-state index contributed by atoms with van der Waals surface area (Å²) >= 11 is 0. The Kier molecular flexibility index (Phi) is 4.05. The zero-order valence-electron chi connectivity index (χ0n) is 21.2. The summed E-state index contributed by atoms with van der Waals surface area (Å²) < 4.78 is 9.29. The fraction of sp³-hybridized carbons (Fsp3) is 0.118. The van der Waals surface area contributed by atoms with Gasteiger partial charge in [-0.3, -0.25) is 0 Å². The van der Waals surface area contributed by atoms with Crippen LogP contribution in [0, 0.1) is 0 Å². The van der Waals surface area contributed by atoms with Crippen LogP contribution >= 0.6 is 0 Å². The lowest BCUT2D eigenvalue weighted by atomic mass is 9.34. The lowest BCUT2D eigenvalue weighted by molar-refractivity contribution is 0.483. The van der Waals surface area contributed by atoms with E-state index in [9.17, 15) is 0 Å². The molecule has 2 aliphatic rings. The van der Waals surface area contributed by atoms with Crippen molar-refractivity contribution in [3.63, 3.8) is 0 Å². The minimum Gasteiger partial charge on any atom is -0.458 e. The summed E-state index contributed by atoms with van der Waals surface area (Å²) in [6.07, 6.45) is 0. The molecule has 37 heavy (non-hydrogen) atoms. The number of hydrogen-bond donors (Lipinski definition) is 0. The maximum atomic E-state index is 6.81. The number of nitrogens with zero attached hydrogens (tertiary/aromatic N) is 1. The van der Waals surface area contributed by atoms with Crippen LogP contribution in [-0.4, -0.2) is 11.3 Å². The molecular weight excluding hydrogens is 449 g/mol. The van der Waals surface area contributed by atoms with Crippen molar-refractivity contribution in [3.05, 3.63) is 109 Å². The first-order valence-corrected chi connectivity index (χ1v) is 13.1. The quantitative estimate of drug-likeness (QED) is 0.242. The van der Waals surface area contributed by atoms with Crippen LogP contribution in [0.4, 0.5) is 0 Å². The minimum atomic E-state index is -0.00438. The lowest BCUT2D eigenvalue weighted by Gasteiger charge is -2.35. The predicted molar refractivity (Wildman–Crippen MR) is 156 cm³/mol. The number of aromatic nitrogens is 1. The summed E-state index contributed by atoms with van der Waals surface area (Å²) in [5, 5.41) is 2.61. The van der Waals surface area contributed by atoms with E-state index in [-0.39, 0.29) is 12.1 Å². The highest BCUT2D eigenvalue weighted by atomic mass is 16.5. The van der Waals surface area contributed by atoms with Gasteiger partial charge in [-0.05, 0) is 62.8 Å². The van der Waals surface area contributed by atoms with Crippen molar-refractivity contribution in [1.82, 2.24) is 4.57 Å². The van der Waals surface area contributed by atoms with Gasteiger partial charge < -0.3 is 9.30 Å². The molecule has 2 nitrogen and oxygen atoms in total. The Morgan fingerprint density at radius 3 is 2.27 bits per heavy atom. The van der Waals surface area contributed by atoms with Crippen LogP contribution < -0.4 is 21.1 Å². The first-order valence-electron chi connectivity index (χ1n) is 13.1. The van der Waals surface area contributed by atoms with Gasteiger partial charge in [0.05, 0.1) is 5.52 Å². The Morgan fingerprint density at radius 2 is 1.43 bits per heavy atom. The smallest absolute Gasteiger partial charge is 0.256 e. The molecule has 5 aromatic carbocycles. The van der Waals surface area contributed by atoms with Crippen LogP contribution in [-0.2, 0) is 5.41 Å². The molecule has 8 rings (SSSR count). The SMILES string of the molecule is CC(C)(C)c1cc2c3c(c1)-n1c4ccccc4c4cccc(c41)B3c1ccc(-c3ccccc3)cc1O2. The van der Waals surface area contributed by atoms with Crippen molar-refractivity contribution in [3.8, 4) is 28.3 Å². The van der Waals surface area contributed by atoms with Gasteiger partial charge in [0.2, 0.25) is 0 Å². The average molecular weight is 475 g/mol. The molecule has 0 spiro atoms. The van der Waals surface area contributed by atoms with Gasteiger partial charge >= 0.3 is 0 Å². The van der Waals surface area contributed by atoms with Gasteiger partial charge in [-0.25, -0.2) is 0 Å². The second-order valence-corrected chi connectivity index (χ2v) is 11.4. The van der Waals surface area contributed by atoms with Gasteiger partial charge in [0, 0.05) is 22.0 Å². The van der Waals surface area contributed by atoms with E-state index in [1.807, 2.05) is 0 Å². The molecule has 176 valence electrons. The van der Waals surface area contributed by atoms with Gasteiger partial charge in [0.15, 0.2) is 0 Å². The molecule has 0 N–H and O–H groups in total. The number of hydrogen-bond acceptors (Lipinski definition) is 1. The van der Waals surface area contributed by atoms with Crippen LogP contribution in [0.15, 0.2) is 103 Å². The number of ether oxygens (including phenoxy) is 1. The minimum absolute atomic E-state index is 0.00438. The van der Waals surface area contributed by atoms with E-state index in [1.165, 1.54) is 60.6 Å². The Bertz CT molecular complexity index is 1890. The van der Waals surface area contributed by atoms with Crippen LogP contribution in [0.2, 0.25) is 0 Å². The van der Waals surface area contributed by atoms with E-state index < -0.39 is 0 Å². The van der Waals surface area contributed by atoms with Crippen molar-refractivity contribution in [2.75, 3.05) is 0 Å². The second kappa shape index (κ2) is 7.17. The largest absolute Gasteiger partial charge is 0.458 e.